The minimum absolute atomic E-state index is 0.165. The van der Waals surface area contributed by atoms with Gasteiger partial charge in [-0.25, -0.2) is 0 Å². The molecule has 0 saturated heterocycles. The number of aliphatic hydroxyl groups is 1. The Morgan fingerprint density at radius 2 is 2.12 bits per heavy atom. The number of halogens is 3. The Bertz CT molecular complexity index is 363. The van der Waals surface area contributed by atoms with Crippen molar-refractivity contribution in [3.63, 3.8) is 0 Å². The zero-order valence-electron chi connectivity index (χ0n) is 8.64. The van der Waals surface area contributed by atoms with Crippen molar-refractivity contribution < 1.29 is 9.84 Å². The predicted octanol–water partition coefficient (Wildman–Crippen LogP) is 2.72. The van der Waals surface area contributed by atoms with Crippen molar-refractivity contribution in [2.75, 3.05) is 20.2 Å². The van der Waals surface area contributed by atoms with E-state index in [9.17, 15) is 5.11 Å². The monoisotopic (exact) mass is 327 g/mol. The van der Waals surface area contributed by atoms with Crippen molar-refractivity contribution in [1.82, 2.24) is 5.32 Å². The predicted molar refractivity (Wildman–Crippen MR) is 69.6 cm³/mol. The Labute approximate surface area is 113 Å². The summed E-state index contributed by atoms with van der Waals surface area (Å²) in [5.74, 6) is 0.463. The first kappa shape index (κ1) is 14.1. The fourth-order valence-corrected chi connectivity index (χ4v) is 1.94. The Hall–Kier alpha value is -0.0000000000000000555. The number of nitrogens with one attached hydrogen (secondary N) is 1. The SMILES string of the molecule is CNCC(O)COc1cc(Cl)c(Br)cc1Cl. The summed E-state index contributed by atoms with van der Waals surface area (Å²) in [5, 5.41) is 13.3. The first-order valence-corrected chi connectivity index (χ1v) is 6.19. The average Bonchev–Trinajstić information content (AvgIpc) is 2.22. The second-order valence-electron chi connectivity index (χ2n) is 3.22. The van der Waals surface area contributed by atoms with Crippen LogP contribution < -0.4 is 10.1 Å². The number of rotatable bonds is 5. The van der Waals surface area contributed by atoms with Crippen molar-refractivity contribution in [3.8, 4) is 5.75 Å². The summed E-state index contributed by atoms with van der Waals surface area (Å²) in [7, 11) is 1.76. The van der Waals surface area contributed by atoms with Crippen LogP contribution in [0.3, 0.4) is 0 Å². The quantitative estimate of drug-likeness (QED) is 0.817. The van der Waals surface area contributed by atoms with Gasteiger partial charge in [0.05, 0.1) is 10.0 Å². The molecule has 2 N–H and O–H groups in total. The fraction of sp³-hybridized carbons (Fsp3) is 0.400. The number of likely N-dealkylation sites (N-methyl/N-ethyl adjacent to an activating group) is 1. The normalized spacial score (nSPS) is 12.6. The molecule has 0 fully saturated rings. The van der Waals surface area contributed by atoms with E-state index < -0.39 is 6.10 Å². The lowest BCUT2D eigenvalue weighted by Gasteiger charge is -2.13. The summed E-state index contributed by atoms with van der Waals surface area (Å²) >= 11 is 15.1. The smallest absolute Gasteiger partial charge is 0.139 e. The van der Waals surface area contributed by atoms with Crippen LogP contribution in [0.2, 0.25) is 10.0 Å². The lowest BCUT2D eigenvalue weighted by atomic mass is 10.3. The van der Waals surface area contributed by atoms with E-state index in [1.165, 1.54) is 0 Å². The minimum atomic E-state index is -0.580. The summed E-state index contributed by atoms with van der Waals surface area (Å²) in [5.41, 5.74) is 0. The summed E-state index contributed by atoms with van der Waals surface area (Å²) in [6.45, 7) is 0.625. The van der Waals surface area contributed by atoms with Gasteiger partial charge >= 0.3 is 0 Å². The number of benzene rings is 1. The molecule has 0 radical (unpaired) electrons. The van der Waals surface area contributed by atoms with E-state index >= 15 is 0 Å². The molecule has 0 bridgehead atoms. The molecule has 0 aliphatic carbocycles. The van der Waals surface area contributed by atoms with Gasteiger partial charge in [-0.1, -0.05) is 23.2 Å². The number of hydrogen-bond donors (Lipinski definition) is 2. The van der Waals surface area contributed by atoms with E-state index in [-0.39, 0.29) is 6.61 Å². The number of ether oxygens (including phenoxy) is 1. The molecule has 0 spiro atoms. The standard InChI is InChI=1S/C10H12BrCl2NO2/c1-14-4-6(15)5-16-10-3-8(12)7(11)2-9(10)13/h2-3,6,14-15H,4-5H2,1H3. The van der Waals surface area contributed by atoms with Crippen molar-refractivity contribution >= 4 is 39.1 Å². The molecule has 1 atom stereocenters. The molecule has 0 saturated carbocycles. The molecular formula is C10H12BrCl2NO2. The van der Waals surface area contributed by atoms with Crippen LogP contribution in [0.15, 0.2) is 16.6 Å². The molecular weight excluding hydrogens is 317 g/mol. The Morgan fingerprint density at radius 1 is 1.44 bits per heavy atom. The van der Waals surface area contributed by atoms with E-state index in [4.69, 9.17) is 27.9 Å². The highest BCUT2D eigenvalue weighted by Gasteiger charge is 2.09. The van der Waals surface area contributed by atoms with Crippen molar-refractivity contribution in [2.45, 2.75) is 6.10 Å². The maximum atomic E-state index is 9.45. The maximum Gasteiger partial charge on any atom is 0.139 e. The van der Waals surface area contributed by atoms with Gasteiger partial charge in [0.25, 0.3) is 0 Å². The second-order valence-corrected chi connectivity index (χ2v) is 4.89. The topological polar surface area (TPSA) is 41.5 Å². The molecule has 3 nitrogen and oxygen atoms in total. The zero-order valence-corrected chi connectivity index (χ0v) is 11.7. The molecule has 0 aliphatic rings. The van der Waals surface area contributed by atoms with Gasteiger partial charge in [0.15, 0.2) is 0 Å². The van der Waals surface area contributed by atoms with Crippen LogP contribution >= 0.6 is 39.1 Å². The molecule has 0 aliphatic heterocycles. The van der Waals surface area contributed by atoms with Gasteiger partial charge in [0, 0.05) is 17.1 Å². The van der Waals surface area contributed by atoms with Crippen molar-refractivity contribution in [2.24, 2.45) is 0 Å². The van der Waals surface area contributed by atoms with E-state index in [0.717, 1.165) is 0 Å². The highest BCUT2D eigenvalue weighted by molar-refractivity contribution is 9.10. The van der Waals surface area contributed by atoms with E-state index in [2.05, 4.69) is 21.2 Å². The molecule has 0 heterocycles. The Kier molecular flexibility index (Phi) is 5.86. The van der Waals surface area contributed by atoms with E-state index in [1.54, 1.807) is 19.2 Å². The molecule has 1 aromatic carbocycles. The van der Waals surface area contributed by atoms with Gasteiger partial charge in [-0.05, 0) is 29.0 Å². The molecule has 90 valence electrons. The average molecular weight is 329 g/mol. The molecule has 0 aromatic heterocycles. The number of aliphatic hydroxyl groups excluding tert-OH is 1. The third-order valence-electron chi connectivity index (χ3n) is 1.85. The zero-order chi connectivity index (χ0) is 12.1. The molecule has 0 amide bonds. The molecule has 1 unspecified atom stereocenters. The van der Waals surface area contributed by atoms with Gasteiger partial charge in [0.2, 0.25) is 0 Å². The summed E-state index contributed by atoms with van der Waals surface area (Å²) in [4.78, 5) is 0. The molecule has 1 rings (SSSR count). The fourth-order valence-electron chi connectivity index (χ4n) is 1.10. The van der Waals surface area contributed by atoms with E-state index in [1.807, 2.05) is 0 Å². The van der Waals surface area contributed by atoms with Crippen LogP contribution in [0.25, 0.3) is 0 Å². The van der Waals surface area contributed by atoms with Gasteiger partial charge in [0.1, 0.15) is 18.5 Å². The van der Waals surface area contributed by atoms with Crippen LogP contribution in [0.4, 0.5) is 0 Å². The summed E-state index contributed by atoms with van der Waals surface area (Å²) < 4.78 is 6.07. The van der Waals surface area contributed by atoms with Gasteiger partial charge in [-0.2, -0.15) is 0 Å². The van der Waals surface area contributed by atoms with Gasteiger partial charge < -0.3 is 15.2 Å². The molecule has 16 heavy (non-hydrogen) atoms. The van der Waals surface area contributed by atoms with Crippen LogP contribution in [-0.2, 0) is 0 Å². The summed E-state index contributed by atoms with van der Waals surface area (Å²) in [6.07, 6.45) is -0.580. The number of hydrogen-bond acceptors (Lipinski definition) is 3. The molecule has 6 heteroatoms. The minimum Gasteiger partial charge on any atom is -0.489 e. The van der Waals surface area contributed by atoms with E-state index in [0.29, 0.717) is 26.8 Å². The van der Waals surface area contributed by atoms with Gasteiger partial charge in [-0.3, -0.25) is 0 Å². The molecule has 1 aromatic rings. The third-order valence-corrected chi connectivity index (χ3v) is 3.34. The van der Waals surface area contributed by atoms with Gasteiger partial charge in [-0.15, -0.1) is 0 Å². The Morgan fingerprint density at radius 3 is 2.75 bits per heavy atom. The maximum absolute atomic E-state index is 9.45. The van der Waals surface area contributed by atoms with Crippen molar-refractivity contribution in [1.29, 1.82) is 0 Å². The summed E-state index contributed by atoms with van der Waals surface area (Å²) in [6, 6.07) is 3.27. The lowest BCUT2D eigenvalue weighted by molar-refractivity contribution is 0.108. The van der Waals surface area contributed by atoms with Crippen LogP contribution in [0, 0.1) is 0 Å². The second kappa shape index (κ2) is 6.67. The third kappa shape index (κ3) is 4.11. The first-order chi connectivity index (χ1) is 7.54. The largest absolute Gasteiger partial charge is 0.489 e. The highest BCUT2D eigenvalue weighted by Crippen LogP contribution is 2.34. The van der Waals surface area contributed by atoms with Crippen LogP contribution in [-0.4, -0.2) is 31.4 Å². The van der Waals surface area contributed by atoms with Crippen molar-refractivity contribution in [3.05, 3.63) is 26.7 Å². The lowest BCUT2D eigenvalue weighted by Crippen LogP contribution is -2.29. The highest BCUT2D eigenvalue weighted by atomic mass is 79.9. The van der Waals surface area contributed by atoms with Crippen LogP contribution in [0.1, 0.15) is 0 Å². The van der Waals surface area contributed by atoms with Crippen LogP contribution in [0.5, 0.6) is 5.75 Å². The Balaban J connectivity index is 2.63. The first-order valence-electron chi connectivity index (χ1n) is 4.64.